The summed E-state index contributed by atoms with van der Waals surface area (Å²) in [7, 11) is 0. The molecule has 140 valence electrons. The molecule has 0 radical (unpaired) electrons. The van der Waals surface area contributed by atoms with Gasteiger partial charge in [-0.2, -0.15) is 13.2 Å². The molecule has 0 saturated heterocycles. The van der Waals surface area contributed by atoms with Gasteiger partial charge in [-0.3, -0.25) is 19.3 Å². The molecule has 3 amide bonds. The fourth-order valence-corrected chi connectivity index (χ4v) is 2.88. The van der Waals surface area contributed by atoms with Crippen molar-refractivity contribution in [2.45, 2.75) is 19.1 Å². The number of anilines is 1. The highest BCUT2D eigenvalue weighted by atomic mass is 35.5. The van der Waals surface area contributed by atoms with E-state index in [-0.39, 0.29) is 21.8 Å². The summed E-state index contributed by atoms with van der Waals surface area (Å²) in [5.74, 6) is -2.13. The SMILES string of the molecule is C[C@@H](C(=O)Nc1cc(C(F)(F)F)ccc1Cl)N1C(=O)c2ccccc2C1=O. The fourth-order valence-electron chi connectivity index (χ4n) is 2.71. The molecule has 5 nitrogen and oxygen atoms in total. The molecule has 1 aliphatic heterocycles. The second-order valence-corrected chi connectivity index (χ2v) is 6.29. The number of halogens is 4. The van der Waals surface area contributed by atoms with Crippen molar-refractivity contribution >= 4 is 35.0 Å². The first-order valence-corrected chi connectivity index (χ1v) is 8.13. The molecule has 9 heteroatoms. The number of hydrogen-bond donors (Lipinski definition) is 1. The number of nitrogens with zero attached hydrogens (tertiary/aromatic N) is 1. The van der Waals surface area contributed by atoms with E-state index < -0.39 is 35.5 Å². The maximum Gasteiger partial charge on any atom is 0.416 e. The van der Waals surface area contributed by atoms with E-state index in [0.717, 1.165) is 17.0 Å². The minimum atomic E-state index is -4.61. The van der Waals surface area contributed by atoms with Crippen molar-refractivity contribution < 1.29 is 27.6 Å². The first kappa shape index (κ1) is 18.9. The van der Waals surface area contributed by atoms with Crippen LogP contribution in [0.25, 0.3) is 0 Å². The van der Waals surface area contributed by atoms with Crippen LogP contribution in [0.2, 0.25) is 5.02 Å². The van der Waals surface area contributed by atoms with Gasteiger partial charge in [0.25, 0.3) is 11.8 Å². The van der Waals surface area contributed by atoms with Crippen LogP contribution in [0.4, 0.5) is 18.9 Å². The van der Waals surface area contributed by atoms with Gasteiger partial charge < -0.3 is 5.32 Å². The normalized spacial score (nSPS) is 14.9. The summed E-state index contributed by atoms with van der Waals surface area (Å²) in [4.78, 5) is 38.0. The summed E-state index contributed by atoms with van der Waals surface area (Å²) in [6.45, 7) is 1.30. The van der Waals surface area contributed by atoms with Crippen LogP contribution in [0.15, 0.2) is 42.5 Å². The summed E-state index contributed by atoms with van der Waals surface area (Å²) in [5, 5.41) is 2.14. The van der Waals surface area contributed by atoms with Gasteiger partial charge in [0.1, 0.15) is 6.04 Å². The van der Waals surface area contributed by atoms with Crippen LogP contribution in [0.3, 0.4) is 0 Å². The van der Waals surface area contributed by atoms with Gasteiger partial charge in [0.2, 0.25) is 5.91 Å². The number of alkyl halides is 3. The van der Waals surface area contributed by atoms with E-state index in [9.17, 15) is 27.6 Å². The van der Waals surface area contributed by atoms with Crippen molar-refractivity contribution in [1.29, 1.82) is 0 Å². The predicted octanol–water partition coefficient (Wildman–Crippen LogP) is 3.98. The average Bonchev–Trinajstić information content (AvgIpc) is 2.86. The lowest BCUT2D eigenvalue weighted by Crippen LogP contribution is -2.45. The molecule has 1 N–H and O–H groups in total. The van der Waals surface area contributed by atoms with Crippen LogP contribution in [-0.4, -0.2) is 28.7 Å². The molecule has 1 aliphatic rings. The number of rotatable bonds is 3. The van der Waals surface area contributed by atoms with Crippen molar-refractivity contribution in [3.8, 4) is 0 Å². The van der Waals surface area contributed by atoms with Gasteiger partial charge in [-0.1, -0.05) is 23.7 Å². The molecule has 0 aromatic heterocycles. The van der Waals surface area contributed by atoms with E-state index in [2.05, 4.69) is 5.32 Å². The van der Waals surface area contributed by atoms with E-state index >= 15 is 0 Å². The molecule has 3 rings (SSSR count). The number of imide groups is 1. The van der Waals surface area contributed by atoms with E-state index in [4.69, 9.17) is 11.6 Å². The summed E-state index contributed by atoms with van der Waals surface area (Å²) in [6.07, 6.45) is -4.61. The Morgan fingerprint density at radius 1 is 1.07 bits per heavy atom. The number of amides is 3. The van der Waals surface area contributed by atoms with E-state index in [1.54, 1.807) is 12.1 Å². The van der Waals surface area contributed by atoms with Gasteiger partial charge in [0, 0.05) is 0 Å². The standard InChI is InChI=1S/C18H12ClF3N2O3/c1-9(24-16(26)11-4-2-3-5-12(11)17(24)27)15(25)23-14-8-10(18(20,21)22)6-7-13(14)19/h2-9H,1H3,(H,23,25)/t9-/m0/s1. The van der Waals surface area contributed by atoms with Gasteiger partial charge >= 0.3 is 6.18 Å². The van der Waals surface area contributed by atoms with Crippen molar-refractivity contribution in [3.63, 3.8) is 0 Å². The number of benzene rings is 2. The molecule has 0 unspecified atom stereocenters. The lowest BCUT2D eigenvalue weighted by atomic mass is 10.1. The summed E-state index contributed by atoms with van der Waals surface area (Å²) >= 11 is 5.86. The molecule has 1 atom stereocenters. The Labute approximate surface area is 156 Å². The molecule has 0 spiro atoms. The van der Waals surface area contributed by atoms with Gasteiger partial charge in [-0.25, -0.2) is 0 Å². The molecule has 0 fully saturated rings. The maximum absolute atomic E-state index is 12.8. The maximum atomic E-state index is 12.8. The van der Waals surface area contributed by atoms with Crippen molar-refractivity contribution in [3.05, 3.63) is 64.2 Å². The largest absolute Gasteiger partial charge is 0.416 e. The third-order valence-corrected chi connectivity index (χ3v) is 4.47. The topological polar surface area (TPSA) is 66.5 Å². The number of carbonyl (C=O) groups is 3. The van der Waals surface area contributed by atoms with Gasteiger partial charge in [0.05, 0.1) is 27.4 Å². The summed E-state index contributed by atoms with van der Waals surface area (Å²) in [5.41, 5.74) is -0.922. The molecule has 0 aliphatic carbocycles. The van der Waals surface area contributed by atoms with Crippen LogP contribution < -0.4 is 5.32 Å². The zero-order valence-corrected chi connectivity index (χ0v) is 14.6. The molecular formula is C18H12ClF3N2O3. The second kappa shape index (κ2) is 6.70. The Hall–Kier alpha value is -2.87. The van der Waals surface area contributed by atoms with Gasteiger partial charge in [0.15, 0.2) is 0 Å². The average molecular weight is 397 g/mol. The summed E-state index contributed by atoms with van der Waals surface area (Å²) in [6, 6.07) is 7.32. The lowest BCUT2D eigenvalue weighted by Gasteiger charge is -2.22. The molecule has 1 heterocycles. The highest BCUT2D eigenvalue weighted by Crippen LogP contribution is 2.34. The van der Waals surface area contributed by atoms with E-state index in [1.807, 2.05) is 0 Å². The Morgan fingerprint density at radius 3 is 2.15 bits per heavy atom. The van der Waals surface area contributed by atoms with Crippen molar-refractivity contribution in [2.75, 3.05) is 5.32 Å². The Kier molecular flexibility index (Phi) is 4.69. The minimum Gasteiger partial charge on any atom is -0.323 e. The Balaban J connectivity index is 1.84. The van der Waals surface area contributed by atoms with Crippen LogP contribution >= 0.6 is 11.6 Å². The number of fused-ring (bicyclic) bond motifs is 1. The Bertz CT molecular complexity index is 924. The van der Waals surface area contributed by atoms with Gasteiger partial charge in [-0.05, 0) is 37.3 Å². The number of hydrogen-bond acceptors (Lipinski definition) is 3. The first-order chi connectivity index (χ1) is 12.6. The third-order valence-electron chi connectivity index (χ3n) is 4.14. The van der Waals surface area contributed by atoms with Crippen LogP contribution in [0.5, 0.6) is 0 Å². The fraction of sp³-hybridized carbons (Fsp3) is 0.167. The third kappa shape index (κ3) is 3.40. The zero-order valence-electron chi connectivity index (χ0n) is 13.8. The van der Waals surface area contributed by atoms with Crippen molar-refractivity contribution in [1.82, 2.24) is 4.90 Å². The number of nitrogens with one attached hydrogen (secondary N) is 1. The van der Waals surface area contributed by atoms with Crippen LogP contribution in [0, 0.1) is 0 Å². The second-order valence-electron chi connectivity index (χ2n) is 5.88. The predicted molar refractivity (Wildman–Crippen MR) is 91.5 cm³/mol. The number of carbonyl (C=O) groups excluding carboxylic acids is 3. The summed E-state index contributed by atoms with van der Waals surface area (Å²) < 4.78 is 38.5. The van der Waals surface area contributed by atoms with Crippen molar-refractivity contribution in [2.24, 2.45) is 0 Å². The van der Waals surface area contributed by atoms with Gasteiger partial charge in [-0.15, -0.1) is 0 Å². The van der Waals surface area contributed by atoms with Crippen LogP contribution in [-0.2, 0) is 11.0 Å². The Morgan fingerprint density at radius 2 is 1.63 bits per heavy atom. The monoisotopic (exact) mass is 396 g/mol. The van der Waals surface area contributed by atoms with E-state index in [1.165, 1.54) is 19.1 Å². The molecule has 2 aromatic carbocycles. The molecular weight excluding hydrogens is 385 g/mol. The lowest BCUT2D eigenvalue weighted by molar-refractivity contribution is -0.137. The highest BCUT2D eigenvalue weighted by Gasteiger charge is 2.40. The first-order valence-electron chi connectivity index (χ1n) is 7.76. The smallest absolute Gasteiger partial charge is 0.323 e. The van der Waals surface area contributed by atoms with E-state index in [0.29, 0.717) is 6.07 Å². The minimum absolute atomic E-state index is 0.106. The molecule has 0 saturated carbocycles. The molecule has 0 bridgehead atoms. The molecule has 2 aromatic rings. The highest BCUT2D eigenvalue weighted by molar-refractivity contribution is 6.34. The quantitative estimate of drug-likeness (QED) is 0.798. The zero-order chi connectivity index (χ0) is 19.9. The molecule has 27 heavy (non-hydrogen) atoms. The van der Waals surface area contributed by atoms with Crippen LogP contribution in [0.1, 0.15) is 33.2 Å².